The zero-order valence-electron chi connectivity index (χ0n) is 11.3. The van der Waals surface area contributed by atoms with Crippen molar-refractivity contribution >= 4 is 21.8 Å². The van der Waals surface area contributed by atoms with Gasteiger partial charge in [-0.25, -0.2) is 0 Å². The molecule has 0 radical (unpaired) electrons. The molecular weight excluding hydrogens is 294 g/mol. The predicted octanol–water partition coefficient (Wildman–Crippen LogP) is 2.99. The Balaban J connectivity index is 2.97. The molecule has 0 heterocycles. The zero-order valence-corrected chi connectivity index (χ0v) is 12.9. The van der Waals surface area contributed by atoms with E-state index in [0.717, 1.165) is 10.0 Å². The van der Waals surface area contributed by atoms with Crippen molar-refractivity contribution in [1.82, 2.24) is 4.90 Å². The van der Waals surface area contributed by atoms with Crippen molar-refractivity contribution in [2.75, 3.05) is 13.1 Å². The standard InChI is InChI=1S/C14H20BrNO2/c1-5-16(9-14(3,4)18)13(17)12-7-6-11(15)8-10(12)2/h6-8,18H,5,9H2,1-4H3. The van der Waals surface area contributed by atoms with Gasteiger partial charge >= 0.3 is 0 Å². The maximum atomic E-state index is 12.4. The van der Waals surface area contributed by atoms with E-state index in [-0.39, 0.29) is 5.91 Å². The summed E-state index contributed by atoms with van der Waals surface area (Å²) < 4.78 is 0.960. The molecule has 0 unspecified atom stereocenters. The summed E-state index contributed by atoms with van der Waals surface area (Å²) in [5.41, 5.74) is 0.738. The third-order valence-corrected chi connectivity index (χ3v) is 3.16. The van der Waals surface area contributed by atoms with E-state index in [2.05, 4.69) is 15.9 Å². The molecule has 1 N–H and O–H groups in total. The maximum absolute atomic E-state index is 12.4. The smallest absolute Gasteiger partial charge is 0.254 e. The molecule has 0 saturated carbocycles. The van der Waals surface area contributed by atoms with Gasteiger partial charge in [0.25, 0.3) is 5.91 Å². The van der Waals surface area contributed by atoms with Crippen molar-refractivity contribution in [3.63, 3.8) is 0 Å². The summed E-state index contributed by atoms with van der Waals surface area (Å²) in [6.45, 7) is 8.15. The first-order valence-corrected chi connectivity index (χ1v) is 6.81. The third-order valence-electron chi connectivity index (χ3n) is 2.67. The van der Waals surface area contributed by atoms with Crippen LogP contribution in [0.5, 0.6) is 0 Å². The second-order valence-electron chi connectivity index (χ2n) is 5.09. The third kappa shape index (κ3) is 4.10. The minimum absolute atomic E-state index is 0.0374. The summed E-state index contributed by atoms with van der Waals surface area (Å²) in [4.78, 5) is 14.0. The van der Waals surface area contributed by atoms with Gasteiger partial charge in [0.1, 0.15) is 0 Å². The first-order chi connectivity index (χ1) is 8.24. The van der Waals surface area contributed by atoms with Crippen molar-refractivity contribution in [3.8, 4) is 0 Å². The van der Waals surface area contributed by atoms with Crippen molar-refractivity contribution < 1.29 is 9.90 Å². The van der Waals surface area contributed by atoms with Crippen LogP contribution in [0.15, 0.2) is 22.7 Å². The number of aryl methyl sites for hydroxylation is 1. The number of hydrogen-bond donors (Lipinski definition) is 1. The number of nitrogens with zero attached hydrogens (tertiary/aromatic N) is 1. The van der Waals surface area contributed by atoms with Gasteiger partial charge in [-0.1, -0.05) is 15.9 Å². The highest BCUT2D eigenvalue weighted by molar-refractivity contribution is 9.10. The van der Waals surface area contributed by atoms with Gasteiger partial charge in [-0.05, 0) is 51.5 Å². The number of carbonyl (C=O) groups is 1. The SMILES string of the molecule is CCN(CC(C)(C)O)C(=O)c1ccc(Br)cc1C. The Kier molecular flexibility index (Phi) is 4.93. The van der Waals surface area contributed by atoms with Gasteiger partial charge in [0, 0.05) is 23.1 Å². The fourth-order valence-electron chi connectivity index (χ4n) is 1.83. The van der Waals surface area contributed by atoms with Crippen LogP contribution in [0, 0.1) is 6.92 Å². The molecule has 3 nitrogen and oxygen atoms in total. The fourth-order valence-corrected chi connectivity index (χ4v) is 2.31. The van der Waals surface area contributed by atoms with Crippen molar-refractivity contribution in [2.24, 2.45) is 0 Å². The summed E-state index contributed by atoms with van der Waals surface area (Å²) in [5, 5.41) is 9.83. The lowest BCUT2D eigenvalue weighted by atomic mass is 10.1. The number of rotatable bonds is 4. The van der Waals surface area contributed by atoms with Crippen LogP contribution in [-0.4, -0.2) is 34.6 Å². The molecule has 0 aliphatic carbocycles. The first-order valence-electron chi connectivity index (χ1n) is 6.02. The lowest BCUT2D eigenvalue weighted by Crippen LogP contribution is -2.42. The molecule has 0 atom stereocenters. The number of likely N-dealkylation sites (N-methyl/N-ethyl adjacent to an activating group) is 1. The first kappa shape index (κ1) is 15.2. The van der Waals surface area contributed by atoms with Gasteiger partial charge in [-0.15, -0.1) is 0 Å². The van der Waals surface area contributed by atoms with Crippen molar-refractivity contribution in [3.05, 3.63) is 33.8 Å². The van der Waals surface area contributed by atoms with E-state index in [9.17, 15) is 9.90 Å². The van der Waals surface area contributed by atoms with Gasteiger partial charge in [-0.2, -0.15) is 0 Å². The summed E-state index contributed by atoms with van der Waals surface area (Å²) in [6, 6.07) is 5.60. The maximum Gasteiger partial charge on any atom is 0.254 e. The summed E-state index contributed by atoms with van der Waals surface area (Å²) in [6.07, 6.45) is 0. The average Bonchev–Trinajstić information content (AvgIpc) is 2.24. The van der Waals surface area contributed by atoms with E-state index < -0.39 is 5.60 Å². The fraction of sp³-hybridized carbons (Fsp3) is 0.500. The van der Waals surface area contributed by atoms with Crippen LogP contribution in [0.25, 0.3) is 0 Å². The minimum atomic E-state index is -0.880. The monoisotopic (exact) mass is 313 g/mol. The molecule has 1 amide bonds. The predicted molar refractivity (Wildman–Crippen MR) is 76.8 cm³/mol. The van der Waals surface area contributed by atoms with Crippen molar-refractivity contribution in [2.45, 2.75) is 33.3 Å². The number of carbonyl (C=O) groups excluding carboxylic acids is 1. The highest BCUT2D eigenvalue weighted by atomic mass is 79.9. The second kappa shape index (κ2) is 5.85. The average molecular weight is 314 g/mol. The quantitative estimate of drug-likeness (QED) is 0.928. The summed E-state index contributed by atoms with van der Waals surface area (Å²) in [5.74, 6) is -0.0374. The Labute approximate surface area is 117 Å². The van der Waals surface area contributed by atoms with E-state index in [1.165, 1.54) is 0 Å². The van der Waals surface area contributed by atoms with E-state index in [1.54, 1.807) is 18.7 Å². The molecule has 100 valence electrons. The molecule has 0 aliphatic rings. The summed E-state index contributed by atoms with van der Waals surface area (Å²) >= 11 is 3.38. The Morgan fingerprint density at radius 3 is 2.50 bits per heavy atom. The normalized spacial score (nSPS) is 11.4. The van der Waals surface area contributed by atoms with Gasteiger partial charge < -0.3 is 10.0 Å². The molecular formula is C14H20BrNO2. The van der Waals surface area contributed by atoms with E-state index in [4.69, 9.17) is 0 Å². The molecule has 0 bridgehead atoms. The lowest BCUT2D eigenvalue weighted by Gasteiger charge is -2.28. The molecule has 4 heteroatoms. The number of benzene rings is 1. The highest BCUT2D eigenvalue weighted by Gasteiger charge is 2.23. The largest absolute Gasteiger partial charge is 0.389 e. The van der Waals surface area contributed by atoms with Crippen LogP contribution in [0.3, 0.4) is 0 Å². The molecule has 0 aromatic heterocycles. The lowest BCUT2D eigenvalue weighted by molar-refractivity contribution is 0.0314. The van der Waals surface area contributed by atoms with Crippen LogP contribution in [-0.2, 0) is 0 Å². The number of halogens is 1. The Morgan fingerprint density at radius 1 is 1.44 bits per heavy atom. The van der Waals surface area contributed by atoms with Gasteiger partial charge in [0.2, 0.25) is 0 Å². The highest BCUT2D eigenvalue weighted by Crippen LogP contribution is 2.18. The molecule has 0 fully saturated rings. The summed E-state index contributed by atoms with van der Waals surface area (Å²) in [7, 11) is 0. The molecule has 1 aromatic carbocycles. The number of aliphatic hydroxyl groups is 1. The zero-order chi connectivity index (χ0) is 13.9. The van der Waals surface area contributed by atoms with Crippen LogP contribution >= 0.6 is 15.9 Å². The van der Waals surface area contributed by atoms with E-state index >= 15 is 0 Å². The van der Waals surface area contributed by atoms with Gasteiger partial charge in [-0.3, -0.25) is 4.79 Å². The minimum Gasteiger partial charge on any atom is -0.389 e. The topological polar surface area (TPSA) is 40.5 Å². The molecule has 0 spiro atoms. The molecule has 18 heavy (non-hydrogen) atoms. The van der Waals surface area contributed by atoms with Crippen LogP contribution < -0.4 is 0 Å². The Morgan fingerprint density at radius 2 is 2.06 bits per heavy atom. The van der Waals surface area contributed by atoms with Crippen LogP contribution in [0.1, 0.15) is 36.7 Å². The van der Waals surface area contributed by atoms with Crippen molar-refractivity contribution in [1.29, 1.82) is 0 Å². The molecule has 1 rings (SSSR count). The Bertz CT molecular complexity index is 438. The Hall–Kier alpha value is -0.870. The molecule has 0 saturated heterocycles. The second-order valence-corrected chi connectivity index (χ2v) is 6.01. The van der Waals surface area contributed by atoms with Gasteiger partial charge in [0.05, 0.1) is 5.60 Å². The van der Waals surface area contributed by atoms with Crippen LogP contribution in [0.2, 0.25) is 0 Å². The number of hydrogen-bond acceptors (Lipinski definition) is 2. The van der Waals surface area contributed by atoms with E-state index in [1.807, 2.05) is 32.0 Å². The van der Waals surface area contributed by atoms with Gasteiger partial charge in [0.15, 0.2) is 0 Å². The molecule has 1 aromatic rings. The number of amides is 1. The van der Waals surface area contributed by atoms with E-state index in [0.29, 0.717) is 18.7 Å². The molecule has 0 aliphatic heterocycles. The van der Waals surface area contributed by atoms with Crippen LogP contribution in [0.4, 0.5) is 0 Å².